The highest BCUT2D eigenvalue weighted by Crippen LogP contribution is 2.30. The minimum Gasteiger partial charge on any atom is -0.383 e. The second-order valence-electron chi connectivity index (χ2n) is 7.57. The average Bonchev–Trinajstić information content (AvgIpc) is 3.30. The van der Waals surface area contributed by atoms with E-state index in [-0.39, 0.29) is 11.8 Å². The van der Waals surface area contributed by atoms with Crippen LogP contribution in [0.1, 0.15) is 39.6 Å². The minimum atomic E-state index is 0.104. The maximum Gasteiger partial charge on any atom is 0.253 e. The first-order chi connectivity index (χ1) is 13.6. The van der Waals surface area contributed by atoms with Crippen LogP contribution in [-0.4, -0.2) is 52.1 Å². The van der Waals surface area contributed by atoms with Crippen molar-refractivity contribution in [1.82, 2.24) is 19.4 Å². The van der Waals surface area contributed by atoms with Crippen LogP contribution in [0.5, 0.6) is 0 Å². The number of hydrogen-bond donors (Lipinski definition) is 0. The van der Waals surface area contributed by atoms with Crippen LogP contribution in [0.4, 0.5) is 0 Å². The lowest BCUT2D eigenvalue weighted by atomic mass is 10.1. The molecule has 1 atom stereocenters. The van der Waals surface area contributed by atoms with Gasteiger partial charge in [0.05, 0.1) is 6.61 Å². The lowest BCUT2D eigenvalue weighted by Gasteiger charge is -2.18. The van der Waals surface area contributed by atoms with E-state index in [1.54, 1.807) is 13.3 Å². The van der Waals surface area contributed by atoms with E-state index < -0.39 is 0 Å². The largest absolute Gasteiger partial charge is 0.383 e. The smallest absolute Gasteiger partial charge is 0.253 e. The first-order valence-corrected chi connectivity index (χ1v) is 9.74. The van der Waals surface area contributed by atoms with Gasteiger partial charge in [-0.05, 0) is 44.5 Å². The molecule has 1 aliphatic rings. The van der Waals surface area contributed by atoms with E-state index in [1.807, 2.05) is 43.0 Å². The van der Waals surface area contributed by atoms with Crippen molar-refractivity contribution in [2.75, 3.05) is 26.8 Å². The summed E-state index contributed by atoms with van der Waals surface area (Å²) in [5.74, 6) is 1.31. The normalized spacial score (nSPS) is 16.8. The van der Waals surface area contributed by atoms with E-state index >= 15 is 0 Å². The van der Waals surface area contributed by atoms with Crippen molar-refractivity contribution in [3.63, 3.8) is 0 Å². The Morgan fingerprint density at radius 3 is 2.79 bits per heavy atom. The van der Waals surface area contributed by atoms with Gasteiger partial charge in [-0.1, -0.05) is 17.2 Å². The SMILES string of the molecule is COCCn1c([C@@H]2CCN(C(=O)c3cc(C)cc(C)c3)C2)nc2cccnc21. The number of benzene rings is 1. The first kappa shape index (κ1) is 18.6. The molecule has 3 heterocycles. The van der Waals surface area contributed by atoms with E-state index in [0.29, 0.717) is 19.7 Å². The van der Waals surface area contributed by atoms with E-state index in [9.17, 15) is 4.79 Å². The Morgan fingerprint density at radius 2 is 2.04 bits per heavy atom. The van der Waals surface area contributed by atoms with Crippen LogP contribution in [0.25, 0.3) is 11.2 Å². The van der Waals surface area contributed by atoms with E-state index in [0.717, 1.165) is 46.6 Å². The fourth-order valence-electron chi connectivity index (χ4n) is 4.13. The standard InChI is InChI=1S/C22H26N4O2/c1-15-11-16(2)13-18(12-15)22(27)25-8-6-17(14-25)20-24-19-5-4-7-23-21(19)26(20)9-10-28-3/h4-5,7,11-13,17H,6,8-10,14H2,1-3H3/t17-/m1/s1. The predicted molar refractivity (Wildman–Crippen MR) is 109 cm³/mol. The lowest BCUT2D eigenvalue weighted by Crippen LogP contribution is -2.29. The first-order valence-electron chi connectivity index (χ1n) is 9.74. The number of aromatic nitrogens is 3. The fourth-order valence-corrected chi connectivity index (χ4v) is 4.13. The van der Waals surface area contributed by atoms with Crippen molar-refractivity contribution in [2.45, 2.75) is 32.7 Å². The minimum absolute atomic E-state index is 0.104. The zero-order chi connectivity index (χ0) is 19.7. The molecule has 2 aromatic heterocycles. The van der Waals surface area contributed by atoms with E-state index in [1.165, 1.54) is 0 Å². The lowest BCUT2D eigenvalue weighted by molar-refractivity contribution is 0.0790. The molecule has 0 unspecified atom stereocenters. The summed E-state index contributed by atoms with van der Waals surface area (Å²) in [5, 5.41) is 0. The molecular formula is C22H26N4O2. The average molecular weight is 378 g/mol. The highest BCUT2D eigenvalue weighted by atomic mass is 16.5. The van der Waals surface area contributed by atoms with Crippen LogP contribution in [0.15, 0.2) is 36.5 Å². The number of nitrogens with zero attached hydrogens (tertiary/aromatic N) is 4. The number of imidazole rings is 1. The van der Waals surface area contributed by atoms with Gasteiger partial charge in [0.1, 0.15) is 11.3 Å². The summed E-state index contributed by atoms with van der Waals surface area (Å²) >= 11 is 0. The van der Waals surface area contributed by atoms with Crippen molar-refractivity contribution in [3.05, 3.63) is 59.0 Å². The zero-order valence-electron chi connectivity index (χ0n) is 16.7. The Hall–Kier alpha value is -2.73. The molecule has 1 aliphatic heterocycles. The maximum absolute atomic E-state index is 13.0. The van der Waals surface area contributed by atoms with Crippen LogP contribution in [0.2, 0.25) is 0 Å². The highest BCUT2D eigenvalue weighted by molar-refractivity contribution is 5.94. The molecule has 0 saturated carbocycles. The Balaban J connectivity index is 1.59. The summed E-state index contributed by atoms with van der Waals surface area (Å²) in [6.45, 7) is 6.80. The number of aryl methyl sites for hydroxylation is 2. The van der Waals surface area contributed by atoms with Gasteiger partial charge in [0.2, 0.25) is 0 Å². The van der Waals surface area contributed by atoms with Crippen molar-refractivity contribution >= 4 is 17.1 Å². The Labute approximate surface area is 165 Å². The highest BCUT2D eigenvalue weighted by Gasteiger charge is 2.31. The number of amides is 1. The molecule has 1 fully saturated rings. The Bertz CT molecular complexity index is 991. The van der Waals surface area contributed by atoms with Gasteiger partial charge >= 0.3 is 0 Å². The molecule has 6 nitrogen and oxygen atoms in total. The van der Waals surface area contributed by atoms with Gasteiger partial charge in [0.15, 0.2) is 5.65 Å². The van der Waals surface area contributed by atoms with Gasteiger partial charge in [0, 0.05) is 44.4 Å². The Kier molecular flexibility index (Phi) is 5.13. The molecule has 4 rings (SSSR count). The van der Waals surface area contributed by atoms with Gasteiger partial charge in [-0.2, -0.15) is 0 Å². The molecule has 1 amide bonds. The number of fused-ring (bicyclic) bond motifs is 1. The summed E-state index contributed by atoms with van der Waals surface area (Å²) in [4.78, 5) is 24.3. The molecule has 6 heteroatoms. The summed E-state index contributed by atoms with van der Waals surface area (Å²) in [7, 11) is 1.70. The molecule has 0 N–H and O–H groups in total. The van der Waals surface area contributed by atoms with Crippen molar-refractivity contribution < 1.29 is 9.53 Å². The van der Waals surface area contributed by atoms with Gasteiger partial charge in [0.25, 0.3) is 5.91 Å². The molecule has 0 spiro atoms. The molecule has 28 heavy (non-hydrogen) atoms. The number of rotatable bonds is 5. The quantitative estimate of drug-likeness (QED) is 0.683. The van der Waals surface area contributed by atoms with E-state index in [4.69, 9.17) is 9.72 Å². The van der Waals surface area contributed by atoms with Gasteiger partial charge in [-0.25, -0.2) is 9.97 Å². The maximum atomic E-state index is 13.0. The third kappa shape index (κ3) is 3.52. The zero-order valence-corrected chi connectivity index (χ0v) is 16.7. The number of ether oxygens (including phenoxy) is 1. The summed E-state index contributed by atoms with van der Waals surface area (Å²) in [6, 6.07) is 9.93. The topological polar surface area (TPSA) is 60.2 Å². The van der Waals surface area contributed by atoms with E-state index in [2.05, 4.69) is 15.6 Å². The van der Waals surface area contributed by atoms with Crippen LogP contribution >= 0.6 is 0 Å². The number of carbonyl (C=O) groups excluding carboxylic acids is 1. The number of methoxy groups -OCH3 is 1. The van der Waals surface area contributed by atoms with Crippen LogP contribution in [0.3, 0.4) is 0 Å². The number of pyridine rings is 1. The van der Waals surface area contributed by atoms with Gasteiger partial charge < -0.3 is 14.2 Å². The van der Waals surface area contributed by atoms with Crippen LogP contribution < -0.4 is 0 Å². The Morgan fingerprint density at radius 1 is 1.25 bits per heavy atom. The van der Waals surface area contributed by atoms with Gasteiger partial charge in [-0.3, -0.25) is 4.79 Å². The molecule has 3 aromatic rings. The molecular weight excluding hydrogens is 352 g/mol. The second kappa shape index (κ2) is 7.72. The number of carbonyl (C=O) groups is 1. The molecule has 1 aromatic carbocycles. The molecule has 1 saturated heterocycles. The number of hydrogen-bond acceptors (Lipinski definition) is 4. The summed E-state index contributed by atoms with van der Waals surface area (Å²) in [6.07, 6.45) is 2.70. The molecule has 0 bridgehead atoms. The van der Waals surface area contributed by atoms with Crippen LogP contribution in [-0.2, 0) is 11.3 Å². The van der Waals surface area contributed by atoms with Crippen molar-refractivity contribution in [2.24, 2.45) is 0 Å². The summed E-state index contributed by atoms with van der Waals surface area (Å²) < 4.78 is 7.43. The van der Waals surface area contributed by atoms with Crippen molar-refractivity contribution in [3.8, 4) is 0 Å². The predicted octanol–water partition coefficient (Wildman–Crippen LogP) is 3.32. The second-order valence-corrected chi connectivity index (χ2v) is 7.57. The monoisotopic (exact) mass is 378 g/mol. The third-order valence-electron chi connectivity index (χ3n) is 5.36. The van der Waals surface area contributed by atoms with Crippen molar-refractivity contribution in [1.29, 1.82) is 0 Å². The fraction of sp³-hybridized carbons (Fsp3) is 0.409. The third-order valence-corrected chi connectivity index (χ3v) is 5.36. The molecule has 0 aliphatic carbocycles. The van der Waals surface area contributed by atoms with Gasteiger partial charge in [-0.15, -0.1) is 0 Å². The summed E-state index contributed by atoms with van der Waals surface area (Å²) in [5.41, 5.74) is 4.78. The van der Waals surface area contributed by atoms with Crippen LogP contribution in [0, 0.1) is 13.8 Å². The molecule has 146 valence electrons. The number of likely N-dealkylation sites (tertiary alicyclic amines) is 1. The molecule has 0 radical (unpaired) electrons.